The Morgan fingerprint density at radius 2 is 1.76 bits per heavy atom. The van der Waals surface area contributed by atoms with E-state index in [1.54, 1.807) is 24.3 Å². The van der Waals surface area contributed by atoms with Crippen molar-refractivity contribution in [3.05, 3.63) is 58.6 Å². The second-order valence-electron chi connectivity index (χ2n) is 4.96. The molecule has 4 heteroatoms. The summed E-state index contributed by atoms with van der Waals surface area (Å²) in [6.07, 6.45) is 0. The van der Waals surface area contributed by atoms with Crippen LogP contribution in [0.1, 0.15) is 35.7 Å². The van der Waals surface area contributed by atoms with Crippen LogP contribution in [0, 0.1) is 0 Å². The van der Waals surface area contributed by atoms with E-state index in [1.165, 1.54) is 18.7 Å². The van der Waals surface area contributed by atoms with Crippen LogP contribution in [0.3, 0.4) is 0 Å². The van der Waals surface area contributed by atoms with Gasteiger partial charge in [-0.1, -0.05) is 37.6 Å². The van der Waals surface area contributed by atoms with E-state index in [9.17, 15) is 4.79 Å². The van der Waals surface area contributed by atoms with Crippen molar-refractivity contribution in [2.75, 3.05) is 7.11 Å². The van der Waals surface area contributed by atoms with Gasteiger partial charge in [0.25, 0.3) is 0 Å². The molecule has 21 heavy (non-hydrogen) atoms. The minimum Gasteiger partial charge on any atom is -0.495 e. The largest absolute Gasteiger partial charge is 0.495 e. The van der Waals surface area contributed by atoms with Crippen molar-refractivity contribution < 1.29 is 14.3 Å². The summed E-state index contributed by atoms with van der Waals surface area (Å²) in [4.78, 5) is 12.1. The SMILES string of the molecule is COc1ccc(C(=O)Oc2ccc(C(C)C)cc2)cc1Cl. The average Bonchev–Trinajstić information content (AvgIpc) is 2.47. The molecule has 0 aliphatic rings. The Morgan fingerprint density at radius 1 is 1.10 bits per heavy atom. The molecule has 0 aliphatic heterocycles. The highest BCUT2D eigenvalue weighted by Gasteiger charge is 2.11. The predicted molar refractivity (Wildman–Crippen MR) is 83.5 cm³/mol. The first-order chi connectivity index (χ1) is 10.0. The van der Waals surface area contributed by atoms with Crippen LogP contribution in [0.5, 0.6) is 11.5 Å². The highest BCUT2D eigenvalue weighted by molar-refractivity contribution is 6.32. The Morgan fingerprint density at radius 3 is 2.29 bits per heavy atom. The van der Waals surface area contributed by atoms with Gasteiger partial charge in [0.1, 0.15) is 11.5 Å². The van der Waals surface area contributed by atoms with Crippen LogP contribution < -0.4 is 9.47 Å². The molecule has 0 spiro atoms. The second kappa shape index (κ2) is 6.64. The van der Waals surface area contributed by atoms with E-state index in [0.717, 1.165) is 0 Å². The maximum atomic E-state index is 12.1. The standard InChI is InChI=1S/C17H17ClO3/c1-11(2)12-4-7-14(8-5-12)21-17(19)13-6-9-16(20-3)15(18)10-13/h4-11H,1-3H3. The van der Waals surface area contributed by atoms with Crippen molar-refractivity contribution in [1.29, 1.82) is 0 Å². The number of halogens is 1. The molecule has 0 aliphatic carbocycles. The lowest BCUT2D eigenvalue weighted by molar-refractivity contribution is 0.0734. The third kappa shape index (κ3) is 3.76. The van der Waals surface area contributed by atoms with Crippen molar-refractivity contribution in [3.8, 4) is 11.5 Å². The van der Waals surface area contributed by atoms with Crippen LogP contribution in [-0.4, -0.2) is 13.1 Å². The van der Waals surface area contributed by atoms with E-state index in [1.807, 2.05) is 12.1 Å². The second-order valence-corrected chi connectivity index (χ2v) is 5.37. The lowest BCUT2D eigenvalue weighted by atomic mass is 10.0. The molecule has 0 fully saturated rings. The molecule has 2 aromatic rings. The summed E-state index contributed by atoms with van der Waals surface area (Å²) in [5.41, 5.74) is 1.58. The van der Waals surface area contributed by atoms with E-state index < -0.39 is 5.97 Å². The van der Waals surface area contributed by atoms with Crippen molar-refractivity contribution in [1.82, 2.24) is 0 Å². The van der Waals surface area contributed by atoms with E-state index in [0.29, 0.717) is 28.0 Å². The van der Waals surface area contributed by atoms with Crippen molar-refractivity contribution >= 4 is 17.6 Å². The molecular formula is C17H17ClO3. The van der Waals surface area contributed by atoms with Gasteiger partial charge in [0, 0.05) is 0 Å². The van der Waals surface area contributed by atoms with Crippen LogP contribution in [0.15, 0.2) is 42.5 Å². The first-order valence-corrected chi connectivity index (χ1v) is 7.04. The molecule has 0 saturated carbocycles. The number of carbonyl (C=O) groups is 1. The first-order valence-electron chi connectivity index (χ1n) is 6.67. The third-order valence-corrected chi connectivity index (χ3v) is 3.44. The summed E-state index contributed by atoms with van der Waals surface area (Å²) in [5.74, 6) is 1.03. The fourth-order valence-electron chi connectivity index (χ4n) is 1.88. The zero-order chi connectivity index (χ0) is 15.4. The molecule has 0 unspecified atom stereocenters. The molecule has 0 N–H and O–H groups in total. The lowest BCUT2D eigenvalue weighted by Crippen LogP contribution is -2.08. The molecular weight excluding hydrogens is 288 g/mol. The molecule has 2 aromatic carbocycles. The van der Waals surface area contributed by atoms with Gasteiger partial charge in [-0.2, -0.15) is 0 Å². The van der Waals surface area contributed by atoms with Gasteiger partial charge in [-0.25, -0.2) is 4.79 Å². The van der Waals surface area contributed by atoms with Gasteiger partial charge in [0.2, 0.25) is 0 Å². The number of esters is 1. The molecule has 0 amide bonds. The Balaban J connectivity index is 2.12. The van der Waals surface area contributed by atoms with E-state index >= 15 is 0 Å². The third-order valence-electron chi connectivity index (χ3n) is 3.14. The van der Waals surface area contributed by atoms with E-state index in [4.69, 9.17) is 21.1 Å². The topological polar surface area (TPSA) is 35.5 Å². The molecule has 0 saturated heterocycles. The van der Waals surface area contributed by atoms with Gasteiger partial charge >= 0.3 is 5.97 Å². The zero-order valence-corrected chi connectivity index (χ0v) is 13.0. The fraction of sp³-hybridized carbons (Fsp3) is 0.235. The zero-order valence-electron chi connectivity index (χ0n) is 12.2. The van der Waals surface area contributed by atoms with E-state index in [-0.39, 0.29) is 0 Å². The molecule has 0 atom stereocenters. The van der Waals surface area contributed by atoms with Crippen LogP contribution in [0.4, 0.5) is 0 Å². The maximum Gasteiger partial charge on any atom is 0.343 e. The summed E-state index contributed by atoms with van der Waals surface area (Å²) in [6.45, 7) is 4.22. The summed E-state index contributed by atoms with van der Waals surface area (Å²) in [5, 5.41) is 0.377. The minimum absolute atomic E-state index is 0.377. The number of benzene rings is 2. The minimum atomic E-state index is -0.447. The molecule has 0 radical (unpaired) electrons. The number of carbonyl (C=O) groups excluding carboxylic acids is 1. The van der Waals surface area contributed by atoms with Crippen molar-refractivity contribution in [2.24, 2.45) is 0 Å². The molecule has 2 rings (SSSR count). The van der Waals surface area contributed by atoms with Crippen LogP contribution in [-0.2, 0) is 0 Å². The Labute approximate surface area is 129 Å². The van der Waals surface area contributed by atoms with Gasteiger partial charge < -0.3 is 9.47 Å². The lowest BCUT2D eigenvalue weighted by Gasteiger charge is -2.08. The van der Waals surface area contributed by atoms with Crippen LogP contribution >= 0.6 is 11.6 Å². The number of rotatable bonds is 4. The Hall–Kier alpha value is -2.00. The summed E-state index contributed by atoms with van der Waals surface area (Å²) in [6, 6.07) is 12.3. The van der Waals surface area contributed by atoms with Crippen molar-refractivity contribution in [2.45, 2.75) is 19.8 Å². The Kier molecular flexibility index (Phi) is 4.86. The molecule has 0 aromatic heterocycles. The summed E-state index contributed by atoms with van der Waals surface area (Å²) in [7, 11) is 1.52. The van der Waals surface area contributed by atoms with Gasteiger partial charge in [-0.15, -0.1) is 0 Å². The molecule has 110 valence electrons. The van der Waals surface area contributed by atoms with Gasteiger partial charge in [-0.05, 0) is 41.8 Å². The number of hydrogen-bond acceptors (Lipinski definition) is 3. The van der Waals surface area contributed by atoms with Gasteiger partial charge in [-0.3, -0.25) is 0 Å². The monoisotopic (exact) mass is 304 g/mol. The summed E-state index contributed by atoms with van der Waals surface area (Å²) >= 11 is 6.00. The fourth-order valence-corrected chi connectivity index (χ4v) is 2.14. The summed E-state index contributed by atoms with van der Waals surface area (Å²) < 4.78 is 10.4. The van der Waals surface area contributed by atoms with Crippen molar-refractivity contribution in [3.63, 3.8) is 0 Å². The Bertz CT molecular complexity index is 633. The molecule has 0 bridgehead atoms. The van der Waals surface area contributed by atoms with Gasteiger partial charge in [0.15, 0.2) is 0 Å². The van der Waals surface area contributed by atoms with Crippen LogP contribution in [0.25, 0.3) is 0 Å². The van der Waals surface area contributed by atoms with Crippen LogP contribution in [0.2, 0.25) is 5.02 Å². The van der Waals surface area contributed by atoms with Gasteiger partial charge in [0.05, 0.1) is 17.7 Å². The predicted octanol–water partition coefficient (Wildman–Crippen LogP) is 4.69. The smallest absolute Gasteiger partial charge is 0.343 e. The number of methoxy groups -OCH3 is 1. The molecule has 0 heterocycles. The maximum absolute atomic E-state index is 12.1. The van der Waals surface area contributed by atoms with E-state index in [2.05, 4.69) is 13.8 Å². The number of hydrogen-bond donors (Lipinski definition) is 0. The first kappa shape index (κ1) is 15.4. The number of ether oxygens (including phenoxy) is 2. The highest BCUT2D eigenvalue weighted by atomic mass is 35.5. The normalized spacial score (nSPS) is 10.5. The highest BCUT2D eigenvalue weighted by Crippen LogP contribution is 2.26. The average molecular weight is 305 g/mol. The quantitative estimate of drug-likeness (QED) is 0.607. The molecule has 3 nitrogen and oxygen atoms in total.